The third-order valence-electron chi connectivity index (χ3n) is 2.71. The van der Waals surface area contributed by atoms with Crippen LogP contribution in [0.25, 0.3) is 10.9 Å². The number of aryl methyl sites for hydroxylation is 1. The van der Waals surface area contributed by atoms with Gasteiger partial charge >= 0.3 is 0 Å². The van der Waals surface area contributed by atoms with Crippen molar-refractivity contribution in [2.45, 2.75) is 13.3 Å². The molecule has 7 heteroatoms. The smallest absolute Gasteiger partial charge is 0.270 e. The molecular formula is C12H13BrN4O2. The number of benzene rings is 1. The van der Waals surface area contributed by atoms with Crippen molar-refractivity contribution in [2.75, 3.05) is 0 Å². The lowest BCUT2D eigenvalue weighted by Crippen LogP contribution is -2.41. The maximum atomic E-state index is 12.1. The number of hydrogen-bond acceptors (Lipinski definition) is 3. The van der Waals surface area contributed by atoms with E-state index in [1.165, 1.54) is 0 Å². The largest absolute Gasteiger partial charge is 0.273 e. The average Bonchev–Trinajstić information content (AvgIpc) is 2.76. The second-order valence-electron chi connectivity index (χ2n) is 4.01. The molecule has 1 aromatic carbocycles. The Morgan fingerprint density at radius 2 is 2.11 bits per heavy atom. The molecule has 0 spiro atoms. The Hall–Kier alpha value is -1.89. The van der Waals surface area contributed by atoms with Crippen molar-refractivity contribution < 1.29 is 9.59 Å². The van der Waals surface area contributed by atoms with E-state index in [9.17, 15) is 9.59 Å². The molecular weight excluding hydrogens is 312 g/mol. The van der Waals surface area contributed by atoms with E-state index in [-0.39, 0.29) is 11.8 Å². The van der Waals surface area contributed by atoms with E-state index in [2.05, 4.69) is 31.9 Å². The molecule has 0 aliphatic carbocycles. The van der Waals surface area contributed by atoms with Gasteiger partial charge in [0.25, 0.3) is 5.91 Å². The summed E-state index contributed by atoms with van der Waals surface area (Å²) >= 11 is 3.36. The molecule has 2 rings (SSSR count). The maximum absolute atomic E-state index is 12.1. The van der Waals surface area contributed by atoms with Gasteiger partial charge in [0, 0.05) is 23.3 Å². The molecule has 0 unspecified atom stereocenters. The fraction of sp³-hybridized carbons (Fsp3) is 0.250. The van der Waals surface area contributed by atoms with Crippen molar-refractivity contribution >= 4 is 38.6 Å². The lowest BCUT2D eigenvalue weighted by Gasteiger charge is -2.07. The molecule has 0 saturated carbocycles. The normalized spacial score (nSPS) is 10.5. The fourth-order valence-electron chi connectivity index (χ4n) is 1.68. The van der Waals surface area contributed by atoms with Crippen molar-refractivity contribution in [3.8, 4) is 0 Å². The molecule has 0 radical (unpaired) electrons. The topological polar surface area (TPSA) is 76.0 Å². The van der Waals surface area contributed by atoms with Gasteiger partial charge in [-0.25, -0.2) is 0 Å². The molecule has 1 heterocycles. The molecule has 0 fully saturated rings. The van der Waals surface area contributed by atoms with E-state index in [1.54, 1.807) is 30.9 Å². The Kier molecular flexibility index (Phi) is 3.84. The van der Waals surface area contributed by atoms with Crippen LogP contribution in [-0.2, 0) is 11.8 Å². The third-order valence-corrected chi connectivity index (χ3v) is 3.17. The minimum Gasteiger partial charge on any atom is -0.273 e. The highest BCUT2D eigenvalue weighted by atomic mass is 79.9. The van der Waals surface area contributed by atoms with Gasteiger partial charge in [-0.3, -0.25) is 25.1 Å². The minimum absolute atomic E-state index is 0.245. The third kappa shape index (κ3) is 2.76. The van der Waals surface area contributed by atoms with Crippen molar-refractivity contribution in [2.24, 2.45) is 7.05 Å². The van der Waals surface area contributed by atoms with Gasteiger partial charge in [0.15, 0.2) is 0 Å². The van der Waals surface area contributed by atoms with Crippen LogP contribution in [0.1, 0.15) is 23.7 Å². The molecule has 0 bridgehead atoms. The molecule has 0 saturated heterocycles. The molecule has 0 atom stereocenters. The summed E-state index contributed by atoms with van der Waals surface area (Å²) in [6.45, 7) is 1.71. The highest BCUT2D eigenvalue weighted by molar-refractivity contribution is 9.10. The Bertz CT molecular complexity index is 650. The number of hydrogen-bond donors (Lipinski definition) is 2. The first kappa shape index (κ1) is 13.5. The van der Waals surface area contributed by atoms with Crippen LogP contribution in [0.5, 0.6) is 0 Å². The molecule has 6 nitrogen and oxygen atoms in total. The van der Waals surface area contributed by atoms with Gasteiger partial charge < -0.3 is 0 Å². The standard InChI is InChI=1S/C12H13BrN4O2/c1-3-11(18)15-16-12(19)8-4-7(13)5-10-9(8)6-14-17(10)2/h4-6H,3H2,1-2H3,(H,15,18)(H,16,19). The summed E-state index contributed by atoms with van der Waals surface area (Å²) in [6, 6.07) is 3.57. The van der Waals surface area contributed by atoms with Crippen molar-refractivity contribution in [1.82, 2.24) is 20.6 Å². The van der Waals surface area contributed by atoms with E-state index in [0.717, 1.165) is 15.4 Å². The number of aromatic nitrogens is 2. The van der Waals surface area contributed by atoms with Crippen LogP contribution in [0.3, 0.4) is 0 Å². The van der Waals surface area contributed by atoms with Crippen molar-refractivity contribution in [1.29, 1.82) is 0 Å². The molecule has 0 aliphatic rings. The minimum atomic E-state index is -0.374. The number of nitrogens with one attached hydrogen (secondary N) is 2. The number of carbonyl (C=O) groups excluding carboxylic acids is 2. The number of halogens is 1. The summed E-state index contributed by atoms with van der Waals surface area (Å²) in [5, 5.41) is 4.85. The second-order valence-corrected chi connectivity index (χ2v) is 4.93. The van der Waals surface area contributed by atoms with E-state index < -0.39 is 0 Å². The van der Waals surface area contributed by atoms with Crippen molar-refractivity contribution in [3.63, 3.8) is 0 Å². The summed E-state index contributed by atoms with van der Waals surface area (Å²) in [5.74, 6) is -0.619. The van der Waals surface area contributed by atoms with Gasteiger partial charge in [0.05, 0.1) is 17.3 Å². The Balaban J connectivity index is 2.33. The lowest BCUT2D eigenvalue weighted by molar-refractivity contribution is -0.121. The molecule has 0 aliphatic heterocycles. The SMILES string of the molecule is CCC(=O)NNC(=O)c1cc(Br)cc2c1cnn2C. The Morgan fingerprint density at radius 1 is 1.37 bits per heavy atom. The van der Waals surface area contributed by atoms with E-state index in [1.807, 2.05) is 6.07 Å². The predicted octanol–water partition coefficient (Wildman–Crippen LogP) is 1.51. The summed E-state index contributed by atoms with van der Waals surface area (Å²) in [5.41, 5.74) is 6.01. The second kappa shape index (κ2) is 5.40. The molecule has 2 N–H and O–H groups in total. The highest BCUT2D eigenvalue weighted by Crippen LogP contribution is 2.23. The molecule has 2 aromatic rings. The number of nitrogens with zero attached hydrogens (tertiary/aromatic N) is 2. The monoisotopic (exact) mass is 324 g/mol. The first-order chi connectivity index (χ1) is 9.02. The number of rotatable bonds is 2. The van der Waals surface area contributed by atoms with Gasteiger partial charge in [-0.15, -0.1) is 0 Å². The number of amides is 2. The van der Waals surface area contributed by atoms with Crippen LogP contribution in [-0.4, -0.2) is 21.6 Å². The van der Waals surface area contributed by atoms with E-state index >= 15 is 0 Å². The molecule has 1 aromatic heterocycles. The van der Waals surface area contributed by atoms with E-state index in [0.29, 0.717) is 12.0 Å². The average molecular weight is 325 g/mol. The quantitative estimate of drug-likeness (QED) is 0.822. The van der Waals surface area contributed by atoms with Gasteiger partial charge in [0.2, 0.25) is 5.91 Å². The lowest BCUT2D eigenvalue weighted by atomic mass is 10.1. The molecule has 2 amide bonds. The molecule has 19 heavy (non-hydrogen) atoms. The van der Waals surface area contributed by atoms with Crippen LogP contribution >= 0.6 is 15.9 Å². The first-order valence-corrected chi connectivity index (χ1v) is 6.52. The summed E-state index contributed by atoms with van der Waals surface area (Å²) < 4.78 is 2.46. The maximum Gasteiger partial charge on any atom is 0.270 e. The number of carbonyl (C=O) groups is 2. The summed E-state index contributed by atoms with van der Waals surface area (Å²) in [4.78, 5) is 23.2. The summed E-state index contributed by atoms with van der Waals surface area (Å²) in [7, 11) is 1.80. The van der Waals surface area contributed by atoms with Crippen LogP contribution in [0.2, 0.25) is 0 Å². The number of hydrazine groups is 1. The Labute approximate surface area is 118 Å². The zero-order valence-corrected chi connectivity index (χ0v) is 12.1. The van der Waals surface area contributed by atoms with Gasteiger partial charge in [-0.1, -0.05) is 22.9 Å². The number of fused-ring (bicyclic) bond motifs is 1. The summed E-state index contributed by atoms with van der Waals surface area (Å²) in [6.07, 6.45) is 1.93. The highest BCUT2D eigenvalue weighted by Gasteiger charge is 2.14. The molecule has 100 valence electrons. The van der Waals surface area contributed by atoms with Gasteiger partial charge in [-0.2, -0.15) is 5.10 Å². The van der Waals surface area contributed by atoms with Crippen LogP contribution in [0.15, 0.2) is 22.8 Å². The zero-order chi connectivity index (χ0) is 14.0. The van der Waals surface area contributed by atoms with Crippen LogP contribution < -0.4 is 10.9 Å². The zero-order valence-electron chi connectivity index (χ0n) is 10.5. The predicted molar refractivity (Wildman–Crippen MR) is 74.3 cm³/mol. The van der Waals surface area contributed by atoms with Crippen LogP contribution in [0, 0.1) is 0 Å². The van der Waals surface area contributed by atoms with Gasteiger partial charge in [-0.05, 0) is 12.1 Å². The Morgan fingerprint density at radius 3 is 2.79 bits per heavy atom. The van der Waals surface area contributed by atoms with Crippen molar-refractivity contribution in [3.05, 3.63) is 28.4 Å². The first-order valence-electron chi connectivity index (χ1n) is 5.73. The van der Waals surface area contributed by atoms with Gasteiger partial charge in [0.1, 0.15) is 0 Å². The fourth-order valence-corrected chi connectivity index (χ4v) is 2.13. The van der Waals surface area contributed by atoms with E-state index in [4.69, 9.17) is 0 Å². The van der Waals surface area contributed by atoms with Crippen LogP contribution in [0.4, 0.5) is 0 Å².